The van der Waals surface area contributed by atoms with Crippen molar-refractivity contribution in [1.82, 2.24) is 14.9 Å². The Bertz CT molecular complexity index is 942. The first kappa shape index (κ1) is 18.5. The molecule has 1 aliphatic rings. The number of fused-ring (bicyclic) bond motifs is 1. The number of carbonyl (C=O) groups is 1. The van der Waals surface area contributed by atoms with Gasteiger partial charge < -0.3 is 14.8 Å². The summed E-state index contributed by atoms with van der Waals surface area (Å²) in [5.74, 6) is 1.60. The number of imidazole rings is 1. The summed E-state index contributed by atoms with van der Waals surface area (Å²) in [4.78, 5) is 19.7. The standard InChI is InChI=1S/C23H28N4O/c1-17(18-8-4-3-5-9-18)16-24-22(28)19-12-14-27(15-13-19)23-25-20-10-6-7-11-21(20)26(23)2/h3-11,17,19H,12-16H2,1-2H3,(H,24,28)/t17-/m0/s1. The molecular formula is C23H28N4O. The van der Waals surface area contributed by atoms with Crippen molar-refractivity contribution in [2.75, 3.05) is 24.5 Å². The van der Waals surface area contributed by atoms with Crippen LogP contribution in [0.2, 0.25) is 0 Å². The summed E-state index contributed by atoms with van der Waals surface area (Å²) in [5.41, 5.74) is 3.43. The smallest absolute Gasteiger partial charge is 0.223 e. The number of nitrogens with zero attached hydrogens (tertiary/aromatic N) is 3. The molecule has 0 spiro atoms. The van der Waals surface area contributed by atoms with E-state index in [-0.39, 0.29) is 11.8 Å². The van der Waals surface area contributed by atoms with E-state index in [1.807, 2.05) is 36.4 Å². The molecule has 1 aromatic heterocycles. The molecule has 2 aromatic carbocycles. The molecule has 5 nitrogen and oxygen atoms in total. The molecule has 2 heterocycles. The highest BCUT2D eigenvalue weighted by Crippen LogP contribution is 2.26. The number of hydrogen-bond donors (Lipinski definition) is 1. The highest BCUT2D eigenvalue weighted by molar-refractivity contribution is 5.80. The summed E-state index contributed by atoms with van der Waals surface area (Å²) in [6.07, 6.45) is 1.74. The zero-order chi connectivity index (χ0) is 19.5. The van der Waals surface area contributed by atoms with Crippen LogP contribution in [0.25, 0.3) is 11.0 Å². The SMILES string of the molecule is C[C@@H](CNC(=O)C1CCN(c2nc3ccccc3n2C)CC1)c1ccccc1. The Morgan fingerprint density at radius 1 is 1.11 bits per heavy atom. The van der Waals surface area contributed by atoms with E-state index in [1.54, 1.807) is 0 Å². The van der Waals surface area contributed by atoms with Gasteiger partial charge >= 0.3 is 0 Å². The fraction of sp³-hybridized carbons (Fsp3) is 0.391. The highest BCUT2D eigenvalue weighted by atomic mass is 16.1. The van der Waals surface area contributed by atoms with E-state index in [4.69, 9.17) is 4.98 Å². The van der Waals surface area contributed by atoms with Crippen LogP contribution in [0.5, 0.6) is 0 Å². The Kier molecular flexibility index (Phi) is 5.33. The van der Waals surface area contributed by atoms with E-state index in [0.29, 0.717) is 12.5 Å². The lowest BCUT2D eigenvalue weighted by molar-refractivity contribution is -0.125. The average Bonchev–Trinajstić information content (AvgIpc) is 3.09. The molecule has 5 heteroatoms. The third kappa shape index (κ3) is 3.75. The van der Waals surface area contributed by atoms with Gasteiger partial charge in [-0.2, -0.15) is 0 Å². The van der Waals surface area contributed by atoms with Crippen molar-refractivity contribution in [3.63, 3.8) is 0 Å². The van der Waals surface area contributed by atoms with Gasteiger partial charge in [0.05, 0.1) is 11.0 Å². The maximum Gasteiger partial charge on any atom is 0.223 e. The minimum Gasteiger partial charge on any atom is -0.355 e. The maximum atomic E-state index is 12.6. The van der Waals surface area contributed by atoms with Crippen LogP contribution in [-0.4, -0.2) is 35.1 Å². The van der Waals surface area contributed by atoms with E-state index in [1.165, 1.54) is 5.56 Å². The lowest BCUT2D eigenvalue weighted by atomic mass is 9.95. The van der Waals surface area contributed by atoms with E-state index >= 15 is 0 Å². The van der Waals surface area contributed by atoms with Crippen molar-refractivity contribution >= 4 is 22.9 Å². The molecule has 4 rings (SSSR count). The number of amides is 1. The molecule has 3 aromatic rings. The van der Waals surface area contributed by atoms with Crippen molar-refractivity contribution in [3.8, 4) is 0 Å². The second-order valence-corrected chi connectivity index (χ2v) is 7.78. The molecule has 1 amide bonds. The zero-order valence-electron chi connectivity index (χ0n) is 16.6. The number of carbonyl (C=O) groups excluding carboxylic acids is 1. The van der Waals surface area contributed by atoms with Gasteiger partial charge in [0.25, 0.3) is 0 Å². The molecule has 0 saturated carbocycles. The highest BCUT2D eigenvalue weighted by Gasteiger charge is 2.27. The molecule has 0 aliphatic carbocycles. The molecule has 1 fully saturated rings. The maximum absolute atomic E-state index is 12.6. The molecule has 1 saturated heterocycles. The Labute approximate surface area is 166 Å². The molecule has 1 N–H and O–H groups in total. The quantitative estimate of drug-likeness (QED) is 0.738. The third-order valence-corrected chi connectivity index (χ3v) is 5.86. The lowest BCUT2D eigenvalue weighted by Gasteiger charge is -2.32. The Morgan fingerprint density at radius 3 is 2.50 bits per heavy atom. The third-order valence-electron chi connectivity index (χ3n) is 5.86. The second kappa shape index (κ2) is 8.05. The van der Waals surface area contributed by atoms with Gasteiger partial charge in [-0.3, -0.25) is 4.79 Å². The number of benzene rings is 2. The van der Waals surface area contributed by atoms with Crippen molar-refractivity contribution in [2.24, 2.45) is 13.0 Å². The van der Waals surface area contributed by atoms with Gasteiger partial charge in [-0.1, -0.05) is 49.4 Å². The number of piperidine rings is 1. The van der Waals surface area contributed by atoms with E-state index in [9.17, 15) is 4.79 Å². The summed E-state index contributed by atoms with van der Waals surface area (Å²) in [6, 6.07) is 18.6. The number of rotatable bonds is 5. The first-order valence-electron chi connectivity index (χ1n) is 10.1. The van der Waals surface area contributed by atoms with Crippen molar-refractivity contribution in [1.29, 1.82) is 0 Å². The van der Waals surface area contributed by atoms with Crippen LogP contribution in [-0.2, 0) is 11.8 Å². The van der Waals surface area contributed by atoms with Gasteiger partial charge in [0.2, 0.25) is 11.9 Å². The van der Waals surface area contributed by atoms with Crippen LogP contribution in [0.3, 0.4) is 0 Å². The number of aryl methyl sites for hydroxylation is 1. The predicted octanol–water partition coefficient (Wildman–Crippen LogP) is 3.71. The molecule has 0 bridgehead atoms. The number of anilines is 1. The first-order chi connectivity index (χ1) is 13.6. The molecular weight excluding hydrogens is 348 g/mol. The Morgan fingerprint density at radius 2 is 1.79 bits per heavy atom. The molecule has 1 atom stereocenters. The van der Waals surface area contributed by atoms with Crippen LogP contribution < -0.4 is 10.2 Å². The van der Waals surface area contributed by atoms with Crippen molar-refractivity contribution < 1.29 is 4.79 Å². The summed E-state index contributed by atoms with van der Waals surface area (Å²) in [5, 5.41) is 3.16. The van der Waals surface area contributed by atoms with Gasteiger partial charge in [0, 0.05) is 32.6 Å². The molecule has 0 radical (unpaired) electrons. The van der Waals surface area contributed by atoms with Gasteiger partial charge in [0.15, 0.2) is 0 Å². The molecule has 28 heavy (non-hydrogen) atoms. The van der Waals surface area contributed by atoms with Crippen LogP contribution in [0.1, 0.15) is 31.2 Å². The lowest BCUT2D eigenvalue weighted by Crippen LogP contribution is -2.42. The summed E-state index contributed by atoms with van der Waals surface area (Å²) >= 11 is 0. The van der Waals surface area contributed by atoms with Gasteiger partial charge in [0.1, 0.15) is 0 Å². The van der Waals surface area contributed by atoms with E-state index in [0.717, 1.165) is 42.9 Å². The molecule has 0 unspecified atom stereocenters. The zero-order valence-corrected chi connectivity index (χ0v) is 16.6. The first-order valence-corrected chi connectivity index (χ1v) is 10.1. The number of aromatic nitrogens is 2. The second-order valence-electron chi connectivity index (χ2n) is 7.78. The van der Waals surface area contributed by atoms with Crippen molar-refractivity contribution in [2.45, 2.75) is 25.7 Å². The topological polar surface area (TPSA) is 50.2 Å². The fourth-order valence-electron chi connectivity index (χ4n) is 4.05. The largest absolute Gasteiger partial charge is 0.355 e. The summed E-state index contributed by atoms with van der Waals surface area (Å²) in [6.45, 7) is 4.57. The van der Waals surface area contributed by atoms with Crippen LogP contribution in [0.4, 0.5) is 5.95 Å². The molecule has 146 valence electrons. The average molecular weight is 377 g/mol. The minimum atomic E-state index is 0.0916. The van der Waals surface area contributed by atoms with Crippen LogP contribution in [0, 0.1) is 5.92 Å². The summed E-state index contributed by atoms with van der Waals surface area (Å²) in [7, 11) is 2.06. The van der Waals surface area contributed by atoms with Crippen molar-refractivity contribution in [3.05, 3.63) is 60.2 Å². The fourth-order valence-corrected chi connectivity index (χ4v) is 4.05. The van der Waals surface area contributed by atoms with E-state index < -0.39 is 0 Å². The van der Waals surface area contributed by atoms with Crippen LogP contribution >= 0.6 is 0 Å². The van der Waals surface area contributed by atoms with E-state index in [2.05, 4.69) is 47.0 Å². The number of para-hydroxylation sites is 2. The predicted molar refractivity (Wildman–Crippen MR) is 114 cm³/mol. The monoisotopic (exact) mass is 376 g/mol. The number of hydrogen-bond acceptors (Lipinski definition) is 3. The minimum absolute atomic E-state index is 0.0916. The normalized spacial score (nSPS) is 16.3. The van der Waals surface area contributed by atoms with Gasteiger partial charge in [-0.15, -0.1) is 0 Å². The summed E-state index contributed by atoms with van der Waals surface area (Å²) < 4.78 is 2.15. The Hall–Kier alpha value is -2.82. The van der Waals surface area contributed by atoms with Gasteiger partial charge in [-0.05, 0) is 36.5 Å². The Balaban J connectivity index is 1.32. The number of nitrogens with one attached hydrogen (secondary N) is 1. The van der Waals surface area contributed by atoms with Crippen LogP contribution in [0.15, 0.2) is 54.6 Å². The molecule has 1 aliphatic heterocycles. The van der Waals surface area contributed by atoms with Gasteiger partial charge in [-0.25, -0.2) is 4.98 Å².